The molecule has 24 heavy (non-hydrogen) atoms. The standard InChI is InChI=1S/C22H14O2/c23-21(16-11-17-7-3-1-4-8-17)18-12-14-20(15-13-18)22(24)19-9-5-2-6-10-19/h1-10,12-15H. The third-order valence-electron chi connectivity index (χ3n) is 3.54. The minimum Gasteiger partial charge on any atom is -0.289 e. The Bertz CT molecular complexity index is 912. The Kier molecular flexibility index (Phi) is 4.65. The van der Waals surface area contributed by atoms with Crippen LogP contribution >= 0.6 is 0 Å². The van der Waals surface area contributed by atoms with Crippen molar-refractivity contribution in [2.75, 3.05) is 0 Å². The third kappa shape index (κ3) is 3.66. The summed E-state index contributed by atoms with van der Waals surface area (Å²) in [4.78, 5) is 24.4. The summed E-state index contributed by atoms with van der Waals surface area (Å²) in [6, 6.07) is 25.0. The second-order valence-electron chi connectivity index (χ2n) is 5.22. The molecule has 0 heterocycles. The zero-order valence-electron chi connectivity index (χ0n) is 12.9. The molecule has 0 aliphatic rings. The van der Waals surface area contributed by atoms with Crippen molar-refractivity contribution >= 4 is 11.6 Å². The maximum atomic E-state index is 12.3. The molecule has 0 fully saturated rings. The smallest absolute Gasteiger partial charge is 0.236 e. The second-order valence-corrected chi connectivity index (χ2v) is 5.22. The average molecular weight is 310 g/mol. The van der Waals surface area contributed by atoms with Crippen molar-refractivity contribution in [2.24, 2.45) is 0 Å². The summed E-state index contributed by atoms with van der Waals surface area (Å²) in [6.07, 6.45) is 0. The maximum absolute atomic E-state index is 12.3. The SMILES string of the molecule is O=C(C#Cc1ccccc1)c1ccc(C(=O)c2ccccc2)cc1. The number of carbonyl (C=O) groups is 2. The van der Waals surface area contributed by atoms with Gasteiger partial charge in [0.2, 0.25) is 5.78 Å². The molecule has 0 aliphatic carbocycles. The molecule has 0 saturated heterocycles. The van der Waals surface area contributed by atoms with E-state index in [4.69, 9.17) is 0 Å². The number of ketones is 2. The lowest BCUT2D eigenvalue weighted by Gasteiger charge is -2.01. The summed E-state index contributed by atoms with van der Waals surface area (Å²) in [5.74, 6) is 5.13. The average Bonchev–Trinajstić information content (AvgIpc) is 2.67. The van der Waals surface area contributed by atoms with Crippen molar-refractivity contribution in [1.82, 2.24) is 0 Å². The van der Waals surface area contributed by atoms with Crippen molar-refractivity contribution < 1.29 is 9.59 Å². The van der Waals surface area contributed by atoms with Gasteiger partial charge >= 0.3 is 0 Å². The van der Waals surface area contributed by atoms with E-state index in [0.717, 1.165) is 5.56 Å². The van der Waals surface area contributed by atoms with E-state index in [-0.39, 0.29) is 11.6 Å². The lowest BCUT2D eigenvalue weighted by Crippen LogP contribution is -2.02. The molecule has 114 valence electrons. The molecule has 0 aromatic heterocycles. The molecule has 0 unspecified atom stereocenters. The van der Waals surface area contributed by atoms with Crippen LogP contribution in [-0.2, 0) is 0 Å². The fourth-order valence-corrected chi connectivity index (χ4v) is 2.25. The van der Waals surface area contributed by atoms with E-state index in [1.165, 1.54) is 0 Å². The lowest BCUT2D eigenvalue weighted by atomic mass is 10.0. The van der Waals surface area contributed by atoms with Crippen LogP contribution in [-0.4, -0.2) is 11.6 Å². The van der Waals surface area contributed by atoms with Gasteiger partial charge in [-0.15, -0.1) is 0 Å². The van der Waals surface area contributed by atoms with Crippen molar-refractivity contribution in [1.29, 1.82) is 0 Å². The molecule has 3 aromatic carbocycles. The van der Waals surface area contributed by atoms with Crippen LogP contribution in [0.4, 0.5) is 0 Å². The first-order valence-electron chi connectivity index (χ1n) is 7.55. The fourth-order valence-electron chi connectivity index (χ4n) is 2.25. The monoisotopic (exact) mass is 310 g/mol. The Hall–Kier alpha value is -3.44. The number of benzene rings is 3. The predicted molar refractivity (Wildman–Crippen MR) is 94.0 cm³/mol. The summed E-state index contributed by atoms with van der Waals surface area (Å²) in [5.41, 5.74) is 2.44. The quantitative estimate of drug-likeness (QED) is 0.538. The Labute approximate surface area is 140 Å². The summed E-state index contributed by atoms with van der Waals surface area (Å²) in [6.45, 7) is 0. The number of rotatable bonds is 3. The Morgan fingerprint density at radius 3 is 1.71 bits per heavy atom. The summed E-state index contributed by atoms with van der Waals surface area (Å²) >= 11 is 0. The molecule has 0 aliphatic heterocycles. The molecule has 3 rings (SSSR count). The highest BCUT2D eigenvalue weighted by molar-refractivity contribution is 6.11. The van der Waals surface area contributed by atoms with Crippen molar-refractivity contribution in [2.45, 2.75) is 0 Å². The Morgan fingerprint density at radius 1 is 0.583 bits per heavy atom. The van der Waals surface area contributed by atoms with Crippen molar-refractivity contribution in [3.8, 4) is 11.8 Å². The molecule has 0 amide bonds. The zero-order valence-corrected chi connectivity index (χ0v) is 12.9. The number of hydrogen-bond acceptors (Lipinski definition) is 2. The highest BCUT2D eigenvalue weighted by atomic mass is 16.1. The molecule has 0 N–H and O–H groups in total. The van der Waals surface area contributed by atoms with Crippen LogP contribution < -0.4 is 0 Å². The fraction of sp³-hybridized carbons (Fsp3) is 0. The Morgan fingerprint density at radius 2 is 1.08 bits per heavy atom. The van der Waals surface area contributed by atoms with Gasteiger partial charge in [-0.25, -0.2) is 0 Å². The van der Waals surface area contributed by atoms with Crippen LogP contribution in [0.2, 0.25) is 0 Å². The van der Waals surface area contributed by atoms with Gasteiger partial charge < -0.3 is 0 Å². The molecule has 2 heteroatoms. The van der Waals surface area contributed by atoms with Gasteiger partial charge in [-0.2, -0.15) is 0 Å². The molecular formula is C22H14O2. The van der Waals surface area contributed by atoms with Crippen molar-refractivity contribution in [3.05, 3.63) is 107 Å². The van der Waals surface area contributed by atoms with E-state index < -0.39 is 0 Å². The second kappa shape index (κ2) is 7.21. The molecule has 0 spiro atoms. The van der Waals surface area contributed by atoms with E-state index in [0.29, 0.717) is 16.7 Å². The van der Waals surface area contributed by atoms with Crippen LogP contribution in [0, 0.1) is 11.8 Å². The first-order valence-corrected chi connectivity index (χ1v) is 7.55. The zero-order chi connectivity index (χ0) is 16.8. The maximum Gasteiger partial charge on any atom is 0.236 e. The van der Waals surface area contributed by atoms with Crippen LogP contribution in [0.5, 0.6) is 0 Å². The van der Waals surface area contributed by atoms with E-state index >= 15 is 0 Å². The van der Waals surface area contributed by atoms with Gasteiger partial charge in [0.25, 0.3) is 0 Å². The van der Waals surface area contributed by atoms with Gasteiger partial charge in [-0.3, -0.25) is 9.59 Å². The van der Waals surface area contributed by atoms with E-state index in [9.17, 15) is 9.59 Å². The first-order chi connectivity index (χ1) is 11.7. The minimum atomic E-state index is -0.266. The summed E-state index contributed by atoms with van der Waals surface area (Å²) in [5, 5.41) is 0. The third-order valence-corrected chi connectivity index (χ3v) is 3.54. The van der Waals surface area contributed by atoms with Crippen LogP contribution in [0.25, 0.3) is 0 Å². The minimum absolute atomic E-state index is 0.0648. The number of hydrogen-bond donors (Lipinski definition) is 0. The summed E-state index contributed by atoms with van der Waals surface area (Å²) in [7, 11) is 0. The van der Waals surface area contributed by atoms with E-state index in [2.05, 4.69) is 11.8 Å². The van der Waals surface area contributed by atoms with Gasteiger partial charge in [0, 0.05) is 22.3 Å². The molecule has 0 saturated carbocycles. The molecular weight excluding hydrogens is 296 g/mol. The van der Waals surface area contributed by atoms with Gasteiger partial charge in [0.1, 0.15) is 0 Å². The lowest BCUT2D eigenvalue weighted by molar-refractivity contribution is 0.103. The van der Waals surface area contributed by atoms with Crippen molar-refractivity contribution in [3.63, 3.8) is 0 Å². The Balaban J connectivity index is 1.76. The highest BCUT2D eigenvalue weighted by Crippen LogP contribution is 2.11. The first kappa shape index (κ1) is 15.5. The predicted octanol–water partition coefficient (Wildman–Crippen LogP) is 4.15. The van der Waals surface area contributed by atoms with E-state index in [1.807, 2.05) is 48.5 Å². The van der Waals surface area contributed by atoms with Gasteiger partial charge in [-0.05, 0) is 30.2 Å². The van der Waals surface area contributed by atoms with E-state index in [1.54, 1.807) is 36.4 Å². The van der Waals surface area contributed by atoms with Gasteiger partial charge in [0.15, 0.2) is 5.78 Å². The largest absolute Gasteiger partial charge is 0.289 e. The van der Waals surface area contributed by atoms with Crippen LogP contribution in [0.3, 0.4) is 0 Å². The molecule has 0 radical (unpaired) electrons. The van der Waals surface area contributed by atoms with Crippen LogP contribution in [0.15, 0.2) is 84.9 Å². The van der Waals surface area contributed by atoms with Gasteiger partial charge in [-0.1, -0.05) is 66.6 Å². The van der Waals surface area contributed by atoms with Gasteiger partial charge in [0.05, 0.1) is 0 Å². The number of carbonyl (C=O) groups excluding carboxylic acids is 2. The summed E-state index contributed by atoms with van der Waals surface area (Å²) < 4.78 is 0. The molecule has 3 aromatic rings. The topological polar surface area (TPSA) is 34.1 Å². The normalized spacial score (nSPS) is 9.67. The molecule has 0 bridgehead atoms. The van der Waals surface area contributed by atoms with Crippen LogP contribution in [0.1, 0.15) is 31.8 Å². The number of Topliss-reactive ketones (excluding diaryl/α,β-unsaturated/α-hetero) is 1. The highest BCUT2D eigenvalue weighted by Gasteiger charge is 2.09. The molecule has 0 atom stereocenters. The molecule has 2 nitrogen and oxygen atoms in total.